The Morgan fingerprint density at radius 1 is 1.00 bits per heavy atom. The third kappa shape index (κ3) is 12.0. The molecule has 0 radical (unpaired) electrons. The fourth-order valence-electron chi connectivity index (χ4n) is 1.60. The van der Waals surface area contributed by atoms with Gasteiger partial charge in [-0.25, -0.2) is 0 Å². The molecule has 0 unspecified atom stereocenters. The molecule has 0 heterocycles. The minimum absolute atomic E-state index is 0.232. The molecule has 1 amide bonds. The number of unbranched alkanes of at least 4 members (excludes halogenated alkanes) is 6. The van der Waals surface area contributed by atoms with Gasteiger partial charge in [0.25, 0.3) is 0 Å². The van der Waals surface area contributed by atoms with Crippen molar-refractivity contribution in [2.45, 2.75) is 64.7 Å². The van der Waals surface area contributed by atoms with Crippen LogP contribution in [-0.2, 0) is 4.79 Å². The van der Waals surface area contributed by atoms with E-state index in [0.717, 1.165) is 24.7 Å². The van der Waals surface area contributed by atoms with Crippen molar-refractivity contribution >= 4 is 21.8 Å². The number of carbonyl (C=O) groups is 1. The van der Waals surface area contributed by atoms with Crippen LogP contribution in [0.4, 0.5) is 0 Å². The molecule has 0 aliphatic heterocycles. The summed E-state index contributed by atoms with van der Waals surface area (Å²) in [6.45, 7) is 3.06. The second-order valence-electron chi connectivity index (χ2n) is 4.26. The molecule has 2 nitrogen and oxygen atoms in total. The molecular formula is C13H26BrNO. The lowest BCUT2D eigenvalue weighted by Gasteiger charge is -2.04. The zero-order valence-corrected chi connectivity index (χ0v) is 12.2. The van der Waals surface area contributed by atoms with Gasteiger partial charge in [-0.15, -0.1) is 0 Å². The van der Waals surface area contributed by atoms with E-state index in [1.807, 2.05) is 0 Å². The van der Waals surface area contributed by atoms with Gasteiger partial charge < -0.3 is 5.32 Å². The first-order valence-electron chi connectivity index (χ1n) is 6.64. The van der Waals surface area contributed by atoms with E-state index < -0.39 is 0 Å². The lowest BCUT2D eigenvalue weighted by Crippen LogP contribution is -2.23. The SMILES string of the molecule is CCCCCCCC(=O)NCCCCCBr. The molecule has 0 aliphatic carbocycles. The van der Waals surface area contributed by atoms with Crippen molar-refractivity contribution in [3.63, 3.8) is 0 Å². The summed E-state index contributed by atoms with van der Waals surface area (Å²) in [7, 11) is 0. The zero-order valence-electron chi connectivity index (χ0n) is 10.6. The fourth-order valence-corrected chi connectivity index (χ4v) is 2.00. The lowest BCUT2D eigenvalue weighted by molar-refractivity contribution is -0.121. The maximum absolute atomic E-state index is 11.4. The quantitative estimate of drug-likeness (QED) is 0.452. The molecule has 0 saturated heterocycles. The van der Waals surface area contributed by atoms with Gasteiger partial charge in [-0.05, 0) is 19.3 Å². The predicted octanol–water partition coefficient (Wildman–Crippen LogP) is 4.03. The number of amides is 1. The molecular weight excluding hydrogens is 266 g/mol. The summed E-state index contributed by atoms with van der Waals surface area (Å²) in [5.74, 6) is 0.232. The van der Waals surface area contributed by atoms with Crippen LogP contribution < -0.4 is 5.32 Å². The van der Waals surface area contributed by atoms with Crippen molar-refractivity contribution in [2.24, 2.45) is 0 Å². The molecule has 0 aromatic heterocycles. The normalized spacial score (nSPS) is 10.4. The van der Waals surface area contributed by atoms with Crippen LogP contribution in [0.2, 0.25) is 0 Å². The van der Waals surface area contributed by atoms with Gasteiger partial charge in [-0.2, -0.15) is 0 Å². The highest BCUT2D eigenvalue weighted by Gasteiger charge is 1.99. The lowest BCUT2D eigenvalue weighted by atomic mass is 10.1. The van der Waals surface area contributed by atoms with Crippen LogP contribution in [-0.4, -0.2) is 17.8 Å². The first-order valence-corrected chi connectivity index (χ1v) is 7.76. The Morgan fingerprint density at radius 2 is 1.69 bits per heavy atom. The summed E-state index contributed by atoms with van der Waals surface area (Å²) in [5.41, 5.74) is 0. The highest BCUT2D eigenvalue weighted by atomic mass is 79.9. The fraction of sp³-hybridized carbons (Fsp3) is 0.923. The van der Waals surface area contributed by atoms with Crippen molar-refractivity contribution in [1.82, 2.24) is 5.32 Å². The van der Waals surface area contributed by atoms with Crippen LogP contribution in [0.15, 0.2) is 0 Å². The molecule has 0 bridgehead atoms. The molecule has 0 aliphatic rings. The third-order valence-electron chi connectivity index (χ3n) is 2.64. The number of hydrogen-bond acceptors (Lipinski definition) is 1. The molecule has 0 rings (SSSR count). The van der Waals surface area contributed by atoms with Gasteiger partial charge in [0.2, 0.25) is 5.91 Å². The maximum Gasteiger partial charge on any atom is 0.219 e. The van der Waals surface area contributed by atoms with Crippen molar-refractivity contribution in [3.05, 3.63) is 0 Å². The molecule has 0 aromatic carbocycles. The molecule has 1 N–H and O–H groups in total. The van der Waals surface area contributed by atoms with E-state index >= 15 is 0 Å². The smallest absolute Gasteiger partial charge is 0.219 e. The number of carbonyl (C=O) groups excluding carboxylic acids is 1. The zero-order chi connectivity index (χ0) is 12.1. The Balaban J connectivity index is 3.12. The number of rotatable bonds is 11. The summed E-state index contributed by atoms with van der Waals surface area (Å²) in [6, 6.07) is 0. The van der Waals surface area contributed by atoms with E-state index in [2.05, 4.69) is 28.2 Å². The Hall–Kier alpha value is -0.0500. The third-order valence-corrected chi connectivity index (χ3v) is 3.20. The van der Waals surface area contributed by atoms with E-state index in [0.29, 0.717) is 6.42 Å². The first kappa shape index (κ1) is 16.0. The van der Waals surface area contributed by atoms with Gasteiger partial charge >= 0.3 is 0 Å². The summed E-state index contributed by atoms with van der Waals surface area (Å²) >= 11 is 3.40. The largest absolute Gasteiger partial charge is 0.356 e. The van der Waals surface area contributed by atoms with Crippen LogP contribution in [0.1, 0.15) is 64.7 Å². The van der Waals surface area contributed by atoms with Gasteiger partial charge in [0.15, 0.2) is 0 Å². The van der Waals surface area contributed by atoms with Crippen molar-refractivity contribution in [3.8, 4) is 0 Å². The number of hydrogen-bond donors (Lipinski definition) is 1. The van der Waals surface area contributed by atoms with Gasteiger partial charge in [-0.3, -0.25) is 4.79 Å². The summed E-state index contributed by atoms with van der Waals surface area (Å²) < 4.78 is 0. The molecule has 3 heteroatoms. The second-order valence-corrected chi connectivity index (χ2v) is 5.06. The van der Waals surface area contributed by atoms with E-state index in [4.69, 9.17) is 0 Å². The number of nitrogens with one attached hydrogen (secondary N) is 1. The van der Waals surface area contributed by atoms with Gasteiger partial charge in [0, 0.05) is 18.3 Å². The summed E-state index contributed by atoms with van der Waals surface area (Å²) in [5, 5.41) is 4.05. The molecule has 0 atom stereocenters. The number of halogens is 1. The van der Waals surface area contributed by atoms with E-state index in [1.54, 1.807) is 0 Å². The second kappa shape index (κ2) is 13.0. The molecule has 0 spiro atoms. The minimum Gasteiger partial charge on any atom is -0.356 e. The Labute approximate surface area is 109 Å². The number of alkyl halides is 1. The summed E-state index contributed by atoms with van der Waals surface area (Å²) in [6.07, 6.45) is 10.3. The van der Waals surface area contributed by atoms with Crippen molar-refractivity contribution < 1.29 is 4.79 Å². The average molecular weight is 292 g/mol. The van der Waals surface area contributed by atoms with Crippen LogP contribution in [0.5, 0.6) is 0 Å². The maximum atomic E-state index is 11.4. The van der Waals surface area contributed by atoms with Crippen LogP contribution in [0.25, 0.3) is 0 Å². The van der Waals surface area contributed by atoms with E-state index in [-0.39, 0.29) is 5.91 Å². The van der Waals surface area contributed by atoms with Gasteiger partial charge in [0.1, 0.15) is 0 Å². The molecule has 0 aromatic rings. The van der Waals surface area contributed by atoms with Gasteiger partial charge in [0.05, 0.1) is 0 Å². The Morgan fingerprint density at radius 3 is 2.38 bits per heavy atom. The molecule has 0 fully saturated rings. The van der Waals surface area contributed by atoms with Crippen molar-refractivity contribution in [2.75, 3.05) is 11.9 Å². The van der Waals surface area contributed by atoms with Crippen molar-refractivity contribution in [1.29, 1.82) is 0 Å². The molecule has 16 heavy (non-hydrogen) atoms. The molecule has 96 valence electrons. The highest BCUT2D eigenvalue weighted by Crippen LogP contribution is 2.04. The standard InChI is InChI=1S/C13H26BrNO/c1-2-3-4-5-7-10-13(16)15-12-9-6-8-11-14/h2-12H2,1H3,(H,15,16). The minimum atomic E-state index is 0.232. The predicted molar refractivity (Wildman–Crippen MR) is 74.0 cm³/mol. The monoisotopic (exact) mass is 291 g/mol. The summed E-state index contributed by atoms with van der Waals surface area (Å²) in [4.78, 5) is 11.4. The van der Waals surface area contributed by atoms with Crippen LogP contribution >= 0.6 is 15.9 Å². The van der Waals surface area contributed by atoms with Crippen LogP contribution in [0.3, 0.4) is 0 Å². The van der Waals surface area contributed by atoms with E-state index in [1.165, 1.54) is 38.5 Å². The highest BCUT2D eigenvalue weighted by molar-refractivity contribution is 9.09. The Kier molecular flexibility index (Phi) is 13.0. The van der Waals surface area contributed by atoms with E-state index in [9.17, 15) is 4.79 Å². The molecule has 0 saturated carbocycles. The topological polar surface area (TPSA) is 29.1 Å². The average Bonchev–Trinajstić information content (AvgIpc) is 2.28. The van der Waals surface area contributed by atoms with Crippen LogP contribution in [0, 0.1) is 0 Å². The first-order chi connectivity index (χ1) is 7.81. The Bertz CT molecular complexity index is 146. The van der Waals surface area contributed by atoms with Gasteiger partial charge in [-0.1, -0.05) is 55.0 Å².